The van der Waals surface area contributed by atoms with Crippen molar-refractivity contribution in [2.75, 3.05) is 0 Å². The maximum atomic E-state index is 2.37. The van der Waals surface area contributed by atoms with Gasteiger partial charge in [0.25, 0.3) is 0 Å². The first-order chi connectivity index (χ1) is 6.54. The van der Waals surface area contributed by atoms with E-state index in [2.05, 4.69) is 46.8 Å². The van der Waals surface area contributed by atoms with E-state index in [1.165, 1.54) is 28.7 Å². The third-order valence-corrected chi connectivity index (χ3v) is 2.80. The molecule has 0 nitrogen and oxygen atoms in total. The lowest BCUT2D eigenvalue weighted by Crippen LogP contribution is -1.99. The first-order valence-corrected chi connectivity index (χ1v) is 5.63. The first kappa shape index (κ1) is 11.3. The molecule has 1 aromatic rings. The zero-order valence-corrected chi connectivity index (χ0v) is 10.1. The van der Waals surface area contributed by atoms with Crippen LogP contribution in [0.25, 0.3) is 0 Å². The van der Waals surface area contributed by atoms with Gasteiger partial charge in [0.05, 0.1) is 0 Å². The Labute approximate surface area is 88.4 Å². The predicted molar refractivity (Wildman–Crippen MR) is 63.8 cm³/mol. The highest BCUT2D eigenvalue weighted by atomic mass is 14.1. The Kier molecular flexibility index (Phi) is 3.74. The second kappa shape index (κ2) is 4.63. The van der Waals surface area contributed by atoms with Crippen molar-refractivity contribution in [1.82, 2.24) is 0 Å². The summed E-state index contributed by atoms with van der Waals surface area (Å²) in [6.45, 7) is 11.2. The van der Waals surface area contributed by atoms with Gasteiger partial charge in [-0.1, -0.05) is 32.9 Å². The highest BCUT2D eigenvalue weighted by Gasteiger charge is 2.04. The van der Waals surface area contributed by atoms with Crippen molar-refractivity contribution >= 4 is 0 Å². The van der Waals surface area contributed by atoms with E-state index in [0.717, 1.165) is 12.3 Å². The third-order valence-electron chi connectivity index (χ3n) is 2.80. The third kappa shape index (κ3) is 2.60. The van der Waals surface area contributed by atoms with Crippen LogP contribution >= 0.6 is 0 Å². The van der Waals surface area contributed by atoms with E-state index in [9.17, 15) is 0 Å². The Morgan fingerprint density at radius 1 is 1.00 bits per heavy atom. The van der Waals surface area contributed by atoms with Crippen LogP contribution in [0.1, 0.15) is 43.0 Å². The Bertz CT molecular complexity index is 308. The first-order valence-electron chi connectivity index (χ1n) is 5.63. The Morgan fingerprint density at radius 2 is 1.50 bits per heavy atom. The molecule has 1 aromatic carbocycles. The van der Waals surface area contributed by atoms with E-state index >= 15 is 0 Å². The molecule has 0 aliphatic heterocycles. The van der Waals surface area contributed by atoms with Gasteiger partial charge in [0.15, 0.2) is 0 Å². The molecule has 0 atom stereocenters. The standard InChI is InChI=1S/C14H22/c1-6-13-8-12(5)14(7-10(2)3)9-11(13)4/h8-10H,6-7H2,1-5H3. The van der Waals surface area contributed by atoms with Gasteiger partial charge in [0, 0.05) is 0 Å². The second-order valence-corrected chi connectivity index (χ2v) is 4.66. The molecule has 1 rings (SSSR count). The lowest BCUT2D eigenvalue weighted by atomic mass is 9.93. The molecule has 0 aromatic heterocycles. The summed E-state index contributed by atoms with van der Waals surface area (Å²) in [5, 5.41) is 0. The van der Waals surface area contributed by atoms with E-state index in [1.807, 2.05) is 0 Å². The molecule has 14 heavy (non-hydrogen) atoms. The van der Waals surface area contributed by atoms with Crippen LogP contribution < -0.4 is 0 Å². The van der Waals surface area contributed by atoms with Crippen LogP contribution in [0.15, 0.2) is 12.1 Å². The minimum Gasteiger partial charge on any atom is -0.0625 e. The van der Waals surface area contributed by atoms with Crippen molar-refractivity contribution in [2.24, 2.45) is 5.92 Å². The molecule has 0 N–H and O–H groups in total. The van der Waals surface area contributed by atoms with Gasteiger partial charge in [-0.05, 0) is 54.9 Å². The lowest BCUT2D eigenvalue weighted by Gasteiger charge is -2.12. The maximum absolute atomic E-state index is 2.37. The number of hydrogen-bond acceptors (Lipinski definition) is 0. The van der Waals surface area contributed by atoms with Crippen LogP contribution in [0, 0.1) is 19.8 Å². The molecule has 0 fully saturated rings. The van der Waals surface area contributed by atoms with Gasteiger partial charge in [0.1, 0.15) is 0 Å². The van der Waals surface area contributed by atoms with Crippen molar-refractivity contribution in [2.45, 2.75) is 47.5 Å². The average Bonchev–Trinajstić information content (AvgIpc) is 2.10. The van der Waals surface area contributed by atoms with Gasteiger partial charge < -0.3 is 0 Å². The molecular formula is C14H22. The highest BCUT2D eigenvalue weighted by Crippen LogP contribution is 2.19. The summed E-state index contributed by atoms with van der Waals surface area (Å²) < 4.78 is 0. The van der Waals surface area contributed by atoms with Crippen LogP contribution in [0.4, 0.5) is 0 Å². The largest absolute Gasteiger partial charge is 0.0625 e. The van der Waals surface area contributed by atoms with E-state index in [4.69, 9.17) is 0 Å². The number of rotatable bonds is 3. The van der Waals surface area contributed by atoms with Crippen molar-refractivity contribution < 1.29 is 0 Å². The summed E-state index contributed by atoms with van der Waals surface area (Å²) in [4.78, 5) is 0. The van der Waals surface area contributed by atoms with Gasteiger partial charge in [-0.25, -0.2) is 0 Å². The van der Waals surface area contributed by atoms with Crippen molar-refractivity contribution in [3.8, 4) is 0 Å². The van der Waals surface area contributed by atoms with Crippen LogP contribution in [0.3, 0.4) is 0 Å². The maximum Gasteiger partial charge on any atom is -0.0253 e. The Hall–Kier alpha value is -0.780. The molecule has 0 aliphatic carbocycles. The van der Waals surface area contributed by atoms with Gasteiger partial charge in [-0.2, -0.15) is 0 Å². The van der Waals surface area contributed by atoms with Crippen molar-refractivity contribution in [3.63, 3.8) is 0 Å². The summed E-state index contributed by atoms with van der Waals surface area (Å²) in [7, 11) is 0. The highest BCUT2D eigenvalue weighted by molar-refractivity contribution is 5.37. The van der Waals surface area contributed by atoms with E-state index < -0.39 is 0 Å². The average molecular weight is 190 g/mol. The quantitative estimate of drug-likeness (QED) is 0.674. The molecule has 0 amide bonds. The fourth-order valence-electron chi connectivity index (χ4n) is 1.98. The number of aryl methyl sites for hydroxylation is 3. The molecule has 0 heteroatoms. The van der Waals surface area contributed by atoms with Gasteiger partial charge in [-0.3, -0.25) is 0 Å². The molecule has 0 heterocycles. The molecule has 0 spiro atoms. The zero-order valence-electron chi connectivity index (χ0n) is 10.1. The van der Waals surface area contributed by atoms with Crippen molar-refractivity contribution in [3.05, 3.63) is 34.4 Å². The minimum atomic E-state index is 0.751. The Morgan fingerprint density at radius 3 is 2.00 bits per heavy atom. The number of benzene rings is 1. The van der Waals surface area contributed by atoms with E-state index in [-0.39, 0.29) is 0 Å². The summed E-state index contributed by atoms with van der Waals surface area (Å²) >= 11 is 0. The SMILES string of the molecule is CCc1cc(C)c(CC(C)C)cc1C. The van der Waals surface area contributed by atoms with Gasteiger partial charge in [-0.15, -0.1) is 0 Å². The summed E-state index contributed by atoms with van der Waals surface area (Å²) in [5.74, 6) is 0.751. The monoisotopic (exact) mass is 190 g/mol. The van der Waals surface area contributed by atoms with Crippen LogP contribution in [0.2, 0.25) is 0 Å². The topological polar surface area (TPSA) is 0 Å². The van der Waals surface area contributed by atoms with E-state index in [1.54, 1.807) is 0 Å². The van der Waals surface area contributed by atoms with Crippen LogP contribution in [0.5, 0.6) is 0 Å². The van der Waals surface area contributed by atoms with E-state index in [0.29, 0.717) is 0 Å². The predicted octanol–water partition coefficient (Wildman–Crippen LogP) is 4.06. The molecule has 0 saturated heterocycles. The minimum absolute atomic E-state index is 0.751. The van der Waals surface area contributed by atoms with Crippen molar-refractivity contribution in [1.29, 1.82) is 0 Å². The lowest BCUT2D eigenvalue weighted by molar-refractivity contribution is 0.644. The molecule has 0 radical (unpaired) electrons. The molecule has 78 valence electrons. The molecular weight excluding hydrogens is 168 g/mol. The summed E-state index contributed by atoms with van der Waals surface area (Å²) in [6.07, 6.45) is 2.35. The summed E-state index contributed by atoms with van der Waals surface area (Å²) in [6, 6.07) is 4.72. The van der Waals surface area contributed by atoms with Crippen LogP contribution in [-0.2, 0) is 12.8 Å². The fraction of sp³-hybridized carbons (Fsp3) is 0.571. The Balaban J connectivity index is 3.02. The second-order valence-electron chi connectivity index (χ2n) is 4.66. The number of hydrogen-bond donors (Lipinski definition) is 0. The smallest absolute Gasteiger partial charge is 0.0253 e. The molecule has 0 aliphatic rings. The fourth-order valence-corrected chi connectivity index (χ4v) is 1.98. The molecule has 0 saturated carbocycles. The molecule has 0 bridgehead atoms. The van der Waals surface area contributed by atoms with Gasteiger partial charge >= 0.3 is 0 Å². The molecule has 0 unspecified atom stereocenters. The summed E-state index contributed by atoms with van der Waals surface area (Å²) in [5.41, 5.74) is 5.93. The van der Waals surface area contributed by atoms with Crippen LogP contribution in [-0.4, -0.2) is 0 Å². The van der Waals surface area contributed by atoms with Gasteiger partial charge in [0.2, 0.25) is 0 Å². The zero-order chi connectivity index (χ0) is 10.7. The normalized spacial score (nSPS) is 11.0.